The van der Waals surface area contributed by atoms with E-state index < -0.39 is 0 Å². The van der Waals surface area contributed by atoms with E-state index in [0.29, 0.717) is 21.8 Å². The number of hydrogen-bond donors (Lipinski definition) is 1. The lowest BCUT2D eigenvalue weighted by molar-refractivity contribution is -0.123. The number of aryl methyl sites for hydroxylation is 1. The van der Waals surface area contributed by atoms with Gasteiger partial charge in [-0.15, -0.1) is 11.3 Å². The van der Waals surface area contributed by atoms with Gasteiger partial charge >= 0.3 is 0 Å². The molecule has 1 N–H and O–H groups in total. The topological polar surface area (TPSA) is 90.3 Å². The van der Waals surface area contributed by atoms with Crippen LogP contribution in [0.5, 0.6) is 0 Å². The van der Waals surface area contributed by atoms with E-state index in [4.69, 9.17) is 0 Å². The molecule has 0 spiro atoms. The smallest absolute Gasteiger partial charge is 0.256 e. The predicted molar refractivity (Wildman–Crippen MR) is 116 cm³/mol. The number of hydrogen-bond acceptors (Lipinski definition) is 5. The van der Waals surface area contributed by atoms with Gasteiger partial charge in [0.15, 0.2) is 0 Å². The fourth-order valence-electron chi connectivity index (χ4n) is 5.70. The summed E-state index contributed by atoms with van der Waals surface area (Å²) < 4.78 is 0. The second-order valence-corrected chi connectivity index (χ2v) is 9.79. The van der Waals surface area contributed by atoms with E-state index in [1.165, 1.54) is 21.1 Å². The van der Waals surface area contributed by atoms with Crippen LogP contribution < -0.4 is 10.2 Å². The van der Waals surface area contributed by atoms with Crippen molar-refractivity contribution >= 4 is 39.7 Å². The highest BCUT2D eigenvalue weighted by Crippen LogP contribution is 2.53. The minimum absolute atomic E-state index is 0.129. The van der Waals surface area contributed by atoms with Crippen molar-refractivity contribution in [3.8, 4) is 6.07 Å². The number of rotatable bonds is 3. The van der Waals surface area contributed by atoms with Gasteiger partial charge in [0.05, 0.1) is 23.1 Å². The highest BCUT2D eigenvalue weighted by Gasteiger charge is 2.59. The first-order chi connectivity index (χ1) is 15.1. The van der Waals surface area contributed by atoms with E-state index >= 15 is 0 Å². The van der Waals surface area contributed by atoms with Gasteiger partial charge in [-0.05, 0) is 67.3 Å². The number of carbonyl (C=O) groups is 3. The number of imide groups is 1. The van der Waals surface area contributed by atoms with E-state index in [-0.39, 0.29) is 41.4 Å². The summed E-state index contributed by atoms with van der Waals surface area (Å²) in [4.78, 5) is 41.1. The zero-order chi connectivity index (χ0) is 21.3. The van der Waals surface area contributed by atoms with Gasteiger partial charge in [0.25, 0.3) is 5.91 Å². The van der Waals surface area contributed by atoms with Crippen molar-refractivity contribution in [3.63, 3.8) is 0 Å². The highest BCUT2D eigenvalue weighted by atomic mass is 32.1. The SMILES string of the molecule is N#Cc1c(NC(=O)c2ccc(N3C(=O)[C@H]4[C@H](C3=O)[C@H]3C=C[C@H]4C3)cc2)sc2c1CCC2. The summed E-state index contributed by atoms with van der Waals surface area (Å²) in [6.07, 6.45) is 7.94. The number of nitrogens with zero attached hydrogens (tertiary/aromatic N) is 2. The number of fused-ring (bicyclic) bond motifs is 6. The number of thiophene rings is 1. The summed E-state index contributed by atoms with van der Waals surface area (Å²) in [5.41, 5.74) is 2.57. The molecule has 0 radical (unpaired) electrons. The third kappa shape index (κ3) is 2.58. The quantitative estimate of drug-likeness (QED) is 0.595. The molecule has 1 aliphatic heterocycles. The first-order valence-electron chi connectivity index (χ1n) is 10.6. The molecule has 1 saturated heterocycles. The van der Waals surface area contributed by atoms with Crippen molar-refractivity contribution in [3.05, 3.63) is 58.0 Å². The Morgan fingerprint density at radius 1 is 1.06 bits per heavy atom. The van der Waals surface area contributed by atoms with Crippen LogP contribution in [0.2, 0.25) is 0 Å². The van der Waals surface area contributed by atoms with E-state index in [2.05, 4.69) is 23.5 Å². The summed E-state index contributed by atoms with van der Waals surface area (Å²) in [6.45, 7) is 0. The van der Waals surface area contributed by atoms with Crippen molar-refractivity contribution in [2.75, 3.05) is 10.2 Å². The Kier molecular flexibility index (Phi) is 3.96. The van der Waals surface area contributed by atoms with Crippen molar-refractivity contribution < 1.29 is 14.4 Å². The van der Waals surface area contributed by atoms with Gasteiger partial charge in [-0.2, -0.15) is 5.26 Å². The summed E-state index contributed by atoms with van der Waals surface area (Å²) >= 11 is 1.48. The lowest BCUT2D eigenvalue weighted by Gasteiger charge is -2.17. The van der Waals surface area contributed by atoms with E-state index in [1.807, 2.05) is 0 Å². The van der Waals surface area contributed by atoms with Gasteiger partial charge in [0.2, 0.25) is 11.8 Å². The molecule has 2 fully saturated rings. The van der Waals surface area contributed by atoms with Gasteiger partial charge in [0, 0.05) is 10.4 Å². The fraction of sp³-hybridized carbons (Fsp3) is 0.333. The second-order valence-electron chi connectivity index (χ2n) is 8.69. The van der Waals surface area contributed by atoms with Crippen LogP contribution >= 0.6 is 11.3 Å². The van der Waals surface area contributed by atoms with Gasteiger partial charge in [-0.1, -0.05) is 12.2 Å². The summed E-state index contributed by atoms with van der Waals surface area (Å²) in [5, 5.41) is 13.0. The molecule has 3 aliphatic carbocycles. The number of allylic oxidation sites excluding steroid dienone is 2. The normalized spacial score (nSPS) is 27.5. The maximum Gasteiger partial charge on any atom is 0.256 e. The van der Waals surface area contributed by atoms with Crippen LogP contribution in [0.3, 0.4) is 0 Å². The zero-order valence-electron chi connectivity index (χ0n) is 16.6. The Balaban J connectivity index is 1.22. The van der Waals surface area contributed by atoms with Gasteiger partial charge in [-0.25, -0.2) is 0 Å². The molecule has 7 heteroatoms. The Hall–Kier alpha value is -3.24. The number of carbonyl (C=O) groups excluding carboxylic acids is 3. The number of benzene rings is 1. The number of nitriles is 1. The first kappa shape index (κ1) is 18.5. The molecule has 2 bridgehead atoms. The Morgan fingerprint density at radius 2 is 1.74 bits per heavy atom. The standard InChI is InChI=1S/C24H19N3O3S/c25-11-17-16-2-1-3-18(16)31-22(17)26-21(28)12-6-8-15(9-7-12)27-23(29)19-13-4-5-14(10-13)20(19)24(27)30/h4-9,13-14,19-20H,1-3,10H2,(H,26,28)/t13-,14-,19+,20+/m0/s1. The Labute approximate surface area is 183 Å². The maximum absolute atomic E-state index is 12.9. The fourth-order valence-corrected chi connectivity index (χ4v) is 6.94. The lowest BCUT2D eigenvalue weighted by atomic mass is 9.85. The third-order valence-corrected chi connectivity index (χ3v) is 8.33. The molecular formula is C24H19N3O3S. The van der Waals surface area contributed by atoms with Crippen LogP contribution in [0.1, 0.15) is 39.2 Å². The Bertz CT molecular complexity index is 1190. The molecule has 154 valence electrons. The summed E-state index contributed by atoms with van der Waals surface area (Å²) in [6, 6.07) is 8.79. The van der Waals surface area contributed by atoms with E-state index in [1.54, 1.807) is 24.3 Å². The second kappa shape index (κ2) is 6.63. The maximum atomic E-state index is 12.9. The molecule has 1 saturated carbocycles. The summed E-state index contributed by atoms with van der Waals surface area (Å²) in [5.74, 6) is -0.703. The molecule has 4 aliphatic rings. The van der Waals surface area contributed by atoms with Crippen LogP contribution in [0.4, 0.5) is 10.7 Å². The predicted octanol–water partition coefficient (Wildman–Crippen LogP) is 3.67. The molecule has 2 heterocycles. The number of anilines is 2. The zero-order valence-corrected chi connectivity index (χ0v) is 17.4. The molecule has 4 atom stereocenters. The van der Waals surface area contributed by atoms with Crippen molar-refractivity contribution in [1.29, 1.82) is 5.26 Å². The monoisotopic (exact) mass is 429 g/mol. The van der Waals surface area contributed by atoms with Gasteiger partial charge in [-0.3, -0.25) is 19.3 Å². The average molecular weight is 430 g/mol. The van der Waals surface area contributed by atoms with Crippen LogP contribution in [0, 0.1) is 35.0 Å². The largest absolute Gasteiger partial charge is 0.312 e. The molecule has 0 unspecified atom stereocenters. The summed E-state index contributed by atoms with van der Waals surface area (Å²) in [7, 11) is 0. The van der Waals surface area contributed by atoms with Crippen molar-refractivity contribution in [1.82, 2.24) is 0 Å². The number of nitrogens with one attached hydrogen (secondary N) is 1. The molecular weight excluding hydrogens is 410 g/mol. The lowest BCUT2D eigenvalue weighted by Crippen LogP contribution is -2.32. The molecule has 31 heavy (non-hydrogen) atoms. The van der Waals surface area contributed by atoms with Crippen LogP contribution in [0.15, 0.2) is 36.4 Å². The van der Waals surface area contributed by atoms with Gasteiger partial charge < -0.3 is 5.32 Å². The molecule has 3 amide bonds. The van der Waals surface area contributed by atoms with Crippen LogP contribution in [-0.4, -0.2) is 17.7 Å². The van der Waals surface area contributed by atoms with Crippen LogP contribution in [-0.2, 0) is 22.4 Å². The Morgan fingerprint density at radius 3 is 2.39 bits per heavy atom. The number of amides is 3. The molecule has 1 aromatic heterocycles. The minimum Gasteiger partial charge on any atom is -0.312 e. The van der Waals surface area contributed by atoms with Crippen LogP contribution in [0.25, 0.3) is 0 Å². The third-order valence-electron chi connectivity index (χ3n) is 7.12. The minimum atomic E-state index is -0.304. The average Bonchev–Trinajstić information content (AvgIpc) is 3.56. The van der Waals surface area contributed by atoms with Gasteiger partial charge in [0.1, 0.15) is 11.1 Å². The van der Waals surface area contributed by atoms with E-state index in [9.17, 15) is 19.6 Å². The van der Waals surface area contributed by atoms with Crippen molar-refractivity contribution in [2.24, 2.45) is 23.7 Å². The highest BCUT2D eigenvalue weighted by molar-refractivity contribution is 7.16. The molecule has 6 rings (SSSR count). The first-order valence-corrected chi connectivity index (χ1v) is 11.4. The molecule has 2 aromatic rings. The molecule has 1 aromatic carbocycles. The molecule has 6 nitrogen and oxygen atoms in total. The van der Waals surface area contributed by atoms with Crippen molar-refractivity contribution in [2.45, 2.75) is 25.7 Å². The van der Waals surface area contributed by atoms with E-state index in [0.717, 1.165) is 31.2 Å².